The molecular formula is C25H26N4O4. The van der Waals surface area contributed by atoms with Crippen molar-refractivity contribution in [3.8, 4) is 22.8 Å². The van der Waals surface area contributed by atoms with Gasteiger partial charge in [-0.1, -0.05) is 12.1 Å². The van der Waals surface area contributed by atoms with Crippen molar-refractivity contribution >= 4 is 16.9 Å². The summed E-state index contributed by atoms with van der Waals surface area (Å²) >= 11 is 0. The molecule has 0 unspecified atom stereocenters. The van der Waals surface area contributed by atoms with Crippen molar-refractivity contribution in [1.82, 2.24) is 20.1 Å². The van der Waals surface area contributed by atoms with Gasteiger partial charge in [0.05, 0.1) is 22.8 Å². The second-order valence-corrected chi connectivity index (χ2v) is 8.43. The number of ether oxygens (including phenoxy) is 2. The molecule has 4 heterocycles. The third-order valence-electron chi connectivity index (χ3n) is 5.70. The van der Waals surface area contributed by atoms with Crippen LogP contribution in [-0.4, -0.2) is 33.9 Å². The predicted octanol–water partition coefficient (Wildman–Crippen LogP) is 4.59. The van der Waals surface area contributed by atoms with Gasteiger partial charge in [-0.05, 0) is 45.9 Å². The van der Waals surface area contributed by atoms with Crippen LogP contribution in [-0.2, 0) is 6.54 Å². The number of nitrogens with one attached hydrogen (secondary N) is 1. The minimum Gasteiger partial charge on any atom is -0.486 e. The maximum atomic E-state index is 13.4. The molecule has 8 heteroatoms. The van der Waals surface area contributed by atoms with Gasteiger partial charge in [0.15, 0.2) is 17.1 Å². The van der Waals surface area contributed by atoms with Crippen LogP contribution in [0.25, 0.3) is 22.3 Å². The number of nitrogens with zero attached hydrogens (tertiary/aromatic N) is 3. The van der Waals surface area contributed by atoms with Gasteiger partial charge in [0.25, 0.3) is 5.91 Å². The topological polar surface area (TPSA) is 91.4 Å². The van der Waals surface area contributed by atoms with Crippen LogP contribution in [0, 0.1) is 13.8 Å². The number of aryl methyl sites for hydroxylation is 2. The maximum absolute atomic E-state index is 13.4. The number of aromatic nitrogens is 3. The first kappa shape index (κ1) is 21.1. The first-order valence-corrected chi connectivity index (χ1v) is 11.0. The van der Waals surface area contributed by atoms with Crippen LogP contribution in [0.2, 0.25) is 0 Å². The zero-order valence-corrected chi connectivity index (χ0v) is 19.1. The van der Waals surface area contributed by atoms with E-state index in [-0.39, 0.29) is 11.9 Å². The Balaban J connectivity index is 1.53. The monoisotopic (exact) mass is 446 g/mol. The van der Waals surface area contributed by atoms with Crippen molar-refractivity contribution in [1.29, 1.82) is 0 Å². The Bertz CT molecular complexity index is 1350. The maximum Gasteiger partial charge on any atom is 0.252 e. The molecule has 0 fully saturated rings. The van der Waals surface area contributed by atoms with Gasteiger partial charge in [0, 0.05) is 23.7 Å². The van der Waals surface area contributed by atoms with Crippen LogP contribution < -0.4 is 14.8 Å². The van der Waals surface area contributed by atoms with Crippen LogP contribution in [0.5, 0.6) is 11.5 Å². The zero-order chi connectivity index (χ0) is 23.1. The van der Waals surface area contributed by atoms with Gasteiger partial charge >= 0.3 is 0 Å². The molecule has 3 aromatic heterocycles. The lowest BCUT2D eigenvalue weighted by molar-refractivity contribution is 0.0951. The molecule has 0 aliphatic carbocycles. The van der Waals surface area contributed by atoms with Gasteiger partial charge in [-0.25, -0.2) is 9.67 Å². The summed E-state index contributed by atoms with van der Waals surface area (Å²) in [7, 11) is 0. The summed E-state index contributed by atoms with van der Waals surface area (Å²) in [6.07, 6.45) is 1.70. The lowest BCUT2D eigenvalue weighted by Crippen LogP contribution is -2.24. The number of para-hydroxylation sites is 1. The van der Waals surface area contributed by atoms with Gasteiger partial charge in [0.1, 0.15) is 24.7 Å². The average Bonchev–Trinajstić information content (AvgIpc) is 3.39. The first-order valence-electron chi connectivity index (χ1n) is 11.0. The zero-order valence-electron chi connectivity index (χ0n) is 19.1. The molecule has 33 heavy (non-hydrogen) atoms. The number of fused-ring (bicyclic) bond motifs is 2. The van der Waals surface area contributed by atoms with Crippen molar-refractivity contribution < 1.29 is 18.7 Å². The minimum atomic E-state index is -0.209. The Labute approximate surface area is 191 Å². The van der Waals surface area contributed by atoms with E-state index in [2.05, 4.69) is 10.4 Å². The average molecular weight is 447 g/mol. The molecule has 0 saturated heterocycles. The number of amides is 1. The Hall–Kier alpha value is -3.81. The summed E-state index contributed by atoms with van der Waals surface area (Å²) in [5.74, 6) is 2.73. The molecule has 1 N–H and O–H groups in total. The molecule has 0 saturated carbocycles. The molecular weight excluding hydrogens is 420 g/mol. The van der Waals surface area contributed by atoms with Gasteiger partial charge < -0.3 is 19.2 Å². The molecule has 1 amide bonds. The fourth-order valence-corrected chi connectivity index (χ4v) is 4.15. The van der Waals surface area contributed by atoms with Crippen LogP contribution >= 0.6 is 0 Å². The molecule has 1 aliphatic rings. The summed E-state index contributed by atoms with van der Waals surface area (Å²) < 4.78 is 19.0. The second-order valence-electron chi connectivity index (χ2n) is 8.43. The number of rotatable bonds is 5. The van der Waals surface area contributed by atoms with Crippen molar-refractivity contribution in [2.75, 3.05) is 13.2 Å². The summed E-state index contributed by atoms with van der Waals surface area (Å²) in [4.78, 5) is 18.2. The van der Waals surface area contributed by atoms with E-state index in [1.807, 2.05) is 56.6 Å². The van der Waals surface area contributed by atoms with Crippen LogP contribution in [0.1, 0.15) is 47.3 Å². The Morgan fingerprint density at radius 1 is 1.18 bits per heavy atom. The first-order chi connectivity index (χ1) is 15.9. The SMILES string of the molecule is Cc1cc(-c2cc(C(=O)NCc3cccc4c3OCCO4)c3cnn(C(C)C)c3n2)c(C)o1. The number of carbonyl (C=O) groups excluding carboxylic acids is 1. The van der Waals surface area contributed by atoms with E-state index in [0.717, 1.165) is 22.6 Å². The van der Waals surface area contributed by atoms with Gasteiger partial charge in [-0.15, -0.1) is 0 Å². The molecule has 5 rings (SSSR count). The second kappa shape index (κ2) is 8.27. The predicted molar refractivity (Wildman–Crippen MR) is 124 cm³/mol. The summed E-state index contributed by atoms with van der Waals surface area (Å²) in [5, 5.41) is 8.23. The normalized spacial score (nSPS) is 13.0. The Kier molecular flexibility index (Phi) is 5.28. The molecule has 0 atom stereocenters. The molecule has 170 valence electrons. The van der Waals surface area contributed by atoms with E-state index in [1.165, 1.54) is 0 Å². The quantitative estimate of drug-likeness (QED) is 0.482. The van der Waals surface area contributed by atoms with Crippen molar-refractivity contribution in [3.63, 3.8) is 0 Å². The number of hydrogen-bond acceptors (Lipinski definition) is 6. The molecule has 4 aromatic rings. The molecule has 8 nitrogen and oxygen atoms in total. The van der Waals surface area contributed by atoms with E-state index in [4.69, 9.17) is 18.9 Å². The van der Waals surface area contributed by atoms with E-state index in [9.17, 15) is 4.79 Å². The molecule has 1 aromatic carbocycles. The highest BCUT2D eigenvalue weighted by Crippen LogP contribution is 2.34. The van der Waals surface area contributed by atoms with Crippen LogP contribution in [0.3, 0.4) is 0 Å². The largest absolute Gasteiger partial charge is 0.486 e. The summed E-state index contributed by atoms with van der Waals surface area (Å²) in [6, 6.07) is 9.54. The van der Waals surface area contributed by atoms with E-state index in [0.29, 0.717) is 53.5 Å². The standard InChI is InChI=1S/C25H26N4O4/c1-14(2)29-24-20(13-27-29)19(11-21(28-24)18-10-15(3)33-16(18)4)25(30)26-12-17-6-5-7-22-23(17)32-9-8-31-22/h5-7,10-11,13-14H,8-9,12H2,1-4H3,(H,26,30). The summed E-state index contributed by atoms with van der Waals surface area (Å²) in [5.41, 5.74) is 3.59. The van der Waals surface area contributed by atoms with E-state index >= 15 is 0 Å². The highest BCUT2D eigenvalue weighted by atomic mass is 16.6. The molecule has 0 bridgehead atoms. The Morgan fingerprint density at radius 3 is 2.76 bits per heavy atom. The van der Waals surface area contributed by atoms with Crippen molar-refractivity contribution in [2.45, 2.75) is 40.3 Å². The number of benzene rings is 1. The van der Waals surface area contributed by atoms with Crippen LogP contribution in [0.4, 0.5) is 0 Å². The number of furan rings is 1. The fourth-order valence-electron chi connectivity index (χ4n) is 4.15. The fraction of sp³-hybridized carbons (Fsp3) is 0.320. The lowest BCUT2D eigenvalue weighted by Gasteiger charge is -2.21. The third-order valence-corrected chi connectivity index (χ3v) is 5.70. The third kappa shape index (κ3) is 3.82. The number of carbonyl (C=O) groups is 1. The highest BCUT2D eigenvalue weighted by molar-refractivity contribution is 6.06. The van der Waals surface area contributed by atoms with Crippen molar-refractivity contribution in [3.05, 3.63) is 59.2 Å². The van der Waals surface area contributed by atoms with Gasteiger partial charge in [-0.3, -0.25) is 4.79 Å². The molecule has 0 spiro atoms. The smallest absolute Gasteiger partial charge is 0.252 e. The number of hydrogen-bond donors (Lipinski definition) is 1. The molecule has 1 aliphatic heterocycles. The Morgan fingerprint density at radius 2 is 2.00 bits per heavy atom. The minimum absolute atomic E-state index is 0.0985. The summed E-state index contributed by atoms with van der Waals surface area (Å²) in [6.45, 7) is 9.19. The van der Waals surface area contributed by atoms with E-state index < -0.39 is 0 Å². The van der Waals surface area contributed by atoms with Crippen molar-refractivity contribution in [2.24, 2.45) is 0 Å². The molecule has 0 radical (unpaired) electrons. The van der Waals surface area contributed by atoms with E-state index in [1.54, 1.807) is 12.3 Å². The van der Waals surface area contributed by atoms with Gasteiger partial charge in [0.2, 0.25) is 0 Å². The number of pyridine rings is 1. The van der Waals surface area contributed by atoms with Gasteiger partial charge in [-0.2, -0.15) is 5.10 Å². The lowest BCUT2D eigenvalue weighted by atomic mass is 10.1. The highest BCUT2D eigenvalue weighted by Gasteiger charge is 2.21. The van der Waals surface area contributed by atoms with Crippen LogP contribution in [0.15, 0.2) is 40.9 Å².